The fourth-order valence-corrected chi connectivity index (χ4v) is 4.31. The van der Waals surface area contributed by atoms with E-state index in [1.165, 1.54) is 0 Å². The minimum atomic E-state index is -0.295. The van der Waals surface area contributed by atoms with Crippen molar-refractivity contribution < 1.29 is 9.59 Å². The van der Waals surface area contributed by atoms with Gasteiger partial charge in [-0.1, -0.05) is 27.7 Å². The number of hydrogen-bond acceptors (Lipinski definition) is 4. The Bertz CT molecular complexity index is 935. The molecule has 0 bridgehead atoms. The molecule has 1 aliphatic carbocycles. The number of nitrogens with one attached hydrogen (secondary N) is 2. The number of aromatic nitrogens is 4. The minimum absolute atomic E-state index is 0.0544. The summed E-state index contributed by atoms with van der Waals surface area (Å²) >= 11 is 0. The van der Waals surface area contributed by atoms with Gasteiger partial charge in [-0.15, -0.1) is 0 Å². The number of hydrogen-bond donors (Lipinski definition) is 2. The zero-order valence-corrected chi connectivity index (χ0v) is 18.6. The molecule has 0 saturated heterocycles. The summed E-state index contributed by atoms with van der Waals surface area (Å²) < 4.78 is 2.27. The van der Waals surface area contributed by atoms with Crippen molar-refractivity contribution >= 4 is 11.7 Å². The van der Waals surface area contributed by atoms with E-state index in [1.807, 2.05) is 20.8 Å². The van der Waals surface area contributed by atoms with Gasteiger partial charge in [-0.05, 0) is 44.1 Å². The zero-order chi connectivity index (χ0) is 21.5. The van der Waals surface area contributed by atoms with Gasteiger partial charge in [0.15, 0.2) is 11.6 Å². The average Bonchev–Trinajstić information content (AvgIpc) is 3.11. The lowest BCUT2D eigenvalue weighted by molar-refractivity contribution is -0.121. The van der Waals surface area contributed by atoms with E-state index in [1.54, 1.807) is 0 Å². The molecule has 29 heavy (non-hydrogen) atoms. The number of fused-ring (bicyclic) bond motifs is 1. The van der Waals surface area contributed by atoms with Crippen molar-refractivity contribution in [2.75, 3.05) is 0 Å². The molecule has 158 valence electrons. The standard InChI is InChI=1S/C22H33N5O2/c1-12(2)11-27-14(4)16(20-17(27)9-22(6,7)10-18(20)28)8-19(29)23-13(3)21-24-15(5)25-26-21/h12-13H,8-11H2,1-7H3,(H,23,29)(H,24,25,26). The summed E-state index contributed by atoms with van der Waals surface area (Å²) in [5.41, 5.74) is 3.72. The summed E-state index contributed by atoms with van der Waals surface area (Å²) in [5.74, 6) is 1.77. The molecule has 0 spiro atoms. The number of carbonyl (C=O) groups excluding carboxylic acids is 2. The van der Waals surface area contributed by atoms with E-state index in [4.69, 9.17) is 0 Å². The normalized spacial score (nSPS) is 16.8. The topological polar surface area (TPSA) is 92.7 Å². The number of carbonyl (C=O) groups is 2. The van der Waals surface area contributed by atoms with Crippen LogP contribution >= 0.6 is 0 Å². The van der Waals surface area contributed by atoms with Crippen LogP contribution in [0.2, 0.25) is 0 Å². The Hall–Kier alpha value is -2.44. The van der Waals surface area contributed by atoms with Gasteiger partial charge in [0.1, 0.15) is 5.82 Å². The molecule has 2 aromatic heterocycles. The van der Waals surface area contributed by atoms with Crippen LogP contribution in [-0.4, -0.2) is 31.4 Å². The lowest BCUT2D eigenvalue weighted by atomic mass is 9.75. The molecule has 0 fully saturated rings. The van der Waals surface area contributed by atoms with E-state index >= 15 is 0 Å². The van der Waals surface area contributed by atoms with Gasteiger partial charge >= 0.3 is 0 Å². The van der Waals surface area contributed by atoms with E-state index in [0.717, 1.165) is 35.5 Å². The van der Waals surface area contributed by atoms with Crippen LogP contribution in [0.4, 0.5) is 0 Å². The minimum Gasteiger partial charge on any atom is -0.348 e. The van der Waals surface area contributed by atoms with Gasteiger partial charge in [0.05, 0.1) is 12.5 Å². The second kappa shape index (κ2) is 7.76. The molecule has 1 unspecified atom stereocenters. The first-order valence-electron chi connectivity index (χ1n) is 10.4. The number of rotatable bonds is 6. The van der Waals surface area contributed by atoms with Crippen molar-refractivity contribution in [3.05, 3.63) is 34.2 Å². The SMILES string of the molecule is Cc1nc(C(C)NC(=O)Cc2c3c(n(CC(C)C)c2C)CC(C)(C)CC3=O)n[nH]1. The molecule has 2 aromatic rings. The highest BCUT2D eigenvalue weighted by atomic mass is 16.1. The maximum atomic E-state index is 13.0. The summed E-state index contributed by atoms with van der Waals surface area (Å²) in [7, 11) is 0. The Morgan fingerprint density at radius 1 is 1.24 bits per heavy atom. The van der Waals surface area contributed by atoms with E-state index in [2.05, 4.69) is 52.8 Å². The number of Topliss-reactive ketones (excluding diaryl/α,β-unsaturated/α-hetero) is 1. The average molecular weight is 400 g/mol. The number of aryl methyl sites for hydroxylation is 1. The third kappa shape index (κ3) is 4.43. The molecule has 7 heteroatoms. The number of H-pyrrole nitrogens is 1. The van der Waals surface area contributed by atoms with Gasteiger partial charge in [0.2, 0.25) is 5.91 Å². The Kier molecular flexibility index (Phi) is 5.70. The molecule has 0 aliphatic heterocycles. The molecule has 0 saturated carbocycles. The molecule has 3 rings (SSSR count). The molecule has 1 amide bonds. The second-order valence-electron chi connectivity index (χ2n) is 9.58. The molecule has 0 radical (unpaired) electrons. The Balaban J connectivity index is 1.90. The van der Waals surface area contributed by atoms with E-state index in [-0.39, 0.29) is 29.6 Å². The summed E-state index contributed by atoms with van der Waals surface area (Å²) in [5, 5.41) is 9.89. The van der Waals surface area contributed by atoms with Crippen molar-refractivity contribution in [1.29, 1.82) is 0 Å². The quantitative estimate of drug-likeness (QED) is 0.778. The number of nitrogens with zero attached hydrogens (tertiary/aromatic N) is 3. The van der Waals surface area contributed by atoms with Gasteiger partial charge < -0.3 is 9.88 Å². The fourth-order valence-electron chi connectivity index (χ4n) is 4.31. The van der Waals surface area contributed by atoms with E-state index in [0.29, 0.717) is 24.0 Å². The first kappa shape index (κ1) is 21.3. The first-order valence-corrected chi connectivity index (χ1v) is 10.4. The van der Waals surface area contributed by atoms with E-state index < -0.39 is 0 Å². The molecular weight excluding hydrogens is 366 g/mol. The fraction of sp³-hybridized carbons (Fsp3) is 0.636. The van der Waals surface area contributed by atoms with Crippen LogP contribution in [0.1, 0.15) is 86.0 Å². The van der Waals surface area contributed by atoms with Crippen LogP contribution in [0.5, 0.6) is 0 Å². The van der Waals surface area contributed by atoms with Crippen molar-refractivity contribution in [1.82, 2.24) is 25.1 Å². The van der Waals surface area contributed by atoms with Crippen LogP contribution in [0.3, 0.4) is 0 Å². The Labute approximate surface area is 172 Å². The third-order valence-corrected chi connectivity index (χ3v) is 5.59. The number of amides is 1. The highest BCUT2D eigenvalue weighted by Gasteiger charge is 2.37. The molecule has 2 N–H and O–H groups in total. The van der Waals surface area contributed by atoms with Gasteiger partial charge in [0.25, 0.3) is 0 Å². The first-order chi connectivity index (χ1) is 13.5. The molecule has 0 aromatic carbocycles. The van der Waals surface area contributed by atoms with Crippen LogP contribution in [0, 0.1) is 25.2 Å². The number of aromatic amines is 1. The highest BCUT2D eigenvalue weighted by Crippen LogP contribution is 2.39. The maximum absolute atomic E-state index is 13.0. The molecule has 1 atom stereocenters. The molecule has 2 heterocycles. The summed E-state index contributed by atoms with van der Waals surface area (Å²) in [6, 6.07) is -0.295. The highest BCUT2D eigenvalue weighted by molar-refractivity contribution is 6.01. The van der Waals surface area contributed by atoms with Crippen molar-refractivity contribution in [2.45, 2.75) is 80.3 Å². The van der Waals surface area contributed by atoms with Crippen LogP contribution in [0.15, 0.2) is 0 Å². The lowest BCUT2D eigenvalue weighted by Gasteiger charge is -2.30. The predicted octanol–water partition coefficient (Wildman–Crippen LogP) is 3.45. The van der Waals surface area contributed by atoms with Gasteiger partial charge in [0, 0.05) is 29.9 Å². The summed E-state index contributed by atoms with van der Waals surface area (Å²) in [6.07, 6.45) is 1.57. The van der Waals surface area contributed by atoms with Crippen molar-refractivity contribution in [3.8, 4) is 0 Å². The molecular formula is C22H33N5O2. The maximum Gasteiger partial charge on any atom is 0.225 e. The van der Waals surface area contributed by atoms with Crippen molar-refractivity contribution in [2.24, 2.45) is 11.3 Å². The third-order valence-electron chi connectivity index (χ3n) is 5.59. The molecule has 7 nitrogen and oxygen atoms in total. The smallest absolute Gasteiger partial charge is 0.225 e. The lowest BCUT2D eigenvalue weighted by Crippen LogP contribution is -2.31. The van der Waals surface area contributed by atoms with Crippen LogP contribution in [-0.2, 0) is 24.2 Å². The van der Waals surface area contributed by atoms with Crippen molar-refractivity contribution in [3.63, 3.8) is 0 Å². The predicted molar refractivity (Wildman–Crippen MR) is 112 cm³/mol. The van der Waals surface area contributed by atoms with E-state index in [9.17, 15) is 9.59 Å². The van der Waals surface area contributed by atoms with Gasteiger partial charge in [-0.3, -0.25) is 14.7 Å². The second-order valence-corrected chi connectivity index (χ2v) is 9.58. The van der Waals surface area contributed by atoms with Crippen LogP contribution < -0.4 is 5.32 Å². The Morgan fingerprint density at radius 3 is 2.52 bits per heavy atom. The summed E-state index contributed by atoms with van der Waals surface area (Å²) in [4.78, 5) is 30.1. The number of ketones is 1. The zero-order valence-electron chi connectivity index (χ0n) is 18.6. The summed E-state index contributed by atoms with van der Waals surface area (Å²) in [6.45, 7) is 15.2. The Morgan fingerprint density at radius 2 is 1.93 bits per heavy atom. The van der Waals surface area contributed by atoms with Gasteiger partial charge in [-0.25, -0.2) is 4.98 Å². The van der Waals surface area contributed by atoms with Gasteiger partial charge in [-0.2, -0.15) is 5.10 Å². The largest absolute Gasteiger partial charge is 0.348 e. The van der Waals surface area contributed by atoms with Crippen LogP contribution in [0.25, 0.3) is 0 Å². The monoisotopic (exact) mass is 399 g/mol. The molecule has 1 aliphatic rings.